The van der Waals surface area contributed by atoms with E-state index in [0.717, 1.165) is 12.3 Å². The molecule has 1 aromatic carbocycles. The molecular formula is C12H17NO3S. The number of para-hydroxylation sites is 1. The van der Waals surface area contributed by atoms with Crippen LogP contribution in [0.2, 0.25) is 0 Å². The Kier molecular flexibility index (Phi) is 3.69. The summed E-state index contributed by atoms with van der Waals surface area (Å²) in [6.45, 7) is 1.93. The molecule has 0 fully saturated rings. The van der Waals surface area contributed by atoms with Crippen LogP contribution in [0.25, 0.3) is 0 Å². The highest BCUT2D eigenvalue weighted by atomic mass is 32.2. The van der Waals surface area contributed by atoms with E-state index in [-0.39, 0.29) is 5.75 Å². The van der Waals surface area contributed by atoms with E-state index >= 15 is 0 Å². The molecule has 0 amide bonds. The van der Waals surface area contributed by atoms with E-state index in [1.165, 1.54) is 11.8 Å². The minimum absolute atomic E-state index is 0.183. The summed E-state index contributed by atoms with van der Waals surface area (Å²) < 4.78 is 27.5. The Labute approximate surface area is 102 Å². The zero-order valence-electron chi connectivity index (χ0n) is 9.85. The molecule has 0 saturated heterocycles. The smallest absolute Gasteiger partial charge is 0.148 e. The van der Waals surface area contributed by atoms with Gasteiger partial charge in [-0.25, -0.2) is 8.42 Å². The number of hydrogen-bond donors (Lipinski definition) is 1. The summed E-state index contributed by atoms with van der Waals surface area (Å²) >= 11 is 0. The van der Waals surface area contributed by atoms with Crippen molar-refractivity contribution in [3.63, 3.8) is 0 Å². The lowest BCUT2D eigenvalue weighted by Gasteiger charge is -2.09. The predicted molar refractivity (Wildman–Crippen MR) is 67.3 cm³/mol. The summed E-state index contributed by atoms with van der Waals surface area (Å²) in [7, 11) is -2.87. The third kappa shape index (κ3) is 3.44. The summed E-state index contributed by atoms with van der Waals surface area (Å²) in [5.41, 5.74) is 1.21. The van der Waals surface area contributed by atoms with Gasteiger partial charge >= 0.3 is 0 Å². The van der Waals surface area contributed by atoms with Gasteiger partial charge in [-0.05, 0) is 6.07 Å². The molecule has 2 rings (SSSR count). The van der Waals surface area contributed by atoms with Gasteiger partial charge in [-0.1, -0.05) is 18.2 Å². The Hall–Kier alpha value is -1.07. The Morgan fingerprint density at radius 3 is 2.94 bits per heavy atom. The maximum atomic E-state index is 11.0. The second kappa shape index (κ2) is 5.06. The van der Waals surface area contributed by atoms with Gasteiger partial charge in [0.25, 0.3) is 0 Å². The summed E-state index contributed by atoms with van der Waals surface area (Å²) in [5, 5.41) is 3.17. The molecule has 4 nitrogen and oxygen atoms in total. The summed E-state index contributed by atoms with van der Waals surface area (Å²) in [5.74, 6) is 1.45. The highest BCUT2D eigenvalue weighted by molar-refractivity contribution is 7.90. The number of benzene rings is 1. The van der Waals surface area contributed by atoms with Gasteiger partial charge < -0.3 is 10.1 Å². The van der Waals surface area contributed by atoms with Crippen molar-refractivity contribution in [2.45, 2.75) is 5.92 Å². The number of hydrogen-bond acceptors (Lipinski definition) is 4. The van der Waals surface area contributed by atoms with E-state index in [4.69, 9.17) is 4.74 Å². The van der Waals surface area contributed by atoms with Gasteiger partial charge in [-0.3, -0.25) is 0 Å². The fraction of sp³-hybridized carbons (Fsp3) is 0.500. The van der Waals surface area contributed by atoms with Crippen molar-refractivity contribution >= 4 is 9.84 Å². The lowest BCUT2D eigenvalue weighted by atomic mass is 10.0. The SMILES string of the molecule is CS(=O)(=O)CCNCC1COc2ccccc21. The molecule has 94 valence electrons. The van der Waals surface area contributed by atoms with Crippen LogP contribution < -0.4 is 10.1 Å². The van der Waals surface area contributed by atoms with E-state index < -0.39 is 9.84 Å². The van der Waals surface area contributed by atoms with Crippen LogP contribution in [-0.4, -0.2) is 40.1 Å². The Morgan fingerprint density at radius 1 is 1.41 bits per heavy atom. The first-order valence-electron chi connectivity index (χ1n) is 5.66. The minimum Gasteiger partial charge on any atom is -0.493 e. The number of rotatable bonds is 5. The van der Waals surface area contributed by atoms with Crippen LogP contribution in [-0.2, 0) is 9.84 Å². The first-order chi connectivity index (χ1) is 8.06. The quantitative estimate of drug-likeness (QED) is 0.791. The van der Waals surface area contributed by atoms with E-state index in [1.54, 1.807) is 0 Å². The van der Waals surface area contributed by atoms with Crippen LogP contribution in [0.3, 0.4) is 0 Å². The highest BCUT2D eigenvalue weighted by Gasteiger charge is 2.22. The van der Waals surface area contributed by atoms with Crippen molar-refractivity contribution in [3.8, 4) is 5.75 Å². The predicted octanol–water partition coefficient (Wildman–Crippen LogP) is 0.797. The minimum atomic E-state index is -2.87. The van der Waals surface area contributed by atoms with Gasteiger partial charge in [0, 0.05) is 30.8 Å². The fourth-order valence-corrected chi connectivity index (χ4v) is 2.45. The third-order valence-corrected chi connectivity index (χ3v) is 3.78. The maximum Gasteiger partial charge on any atom is 0.148 e. The number of fused-ring (bicyclic) bond motifs is 1. The first-order valence-corrected chi connectivity index (χ1v) is 7.72. The Balaban J connectivity index is 1.82. The molecule has 0 aliphatic carbocycles. The first kappa shape index (κ1) is 12.4. The molecule has 1 aliphatic rings. The molecular weight excluding hydrogens is 238 g/mol. The molecule has 1 heterocycles. The largest absolute Gasteiger partial charge is 0.493 e. The van der Waals surface area contributed by atoms with Crippen molar-refractivity contribution in [1.82, 2.24) is 5.32 Å². The molecule has 0 aromatic heterocycles. The van der Waals surface area contributed by atoms with Gasteiger partial charge in [-0.2, -0.15) is 0 Å². The zero-order chi connectivity index (χ0) is 12.3. The monoisotopic (exact) mass is 255 g/mol. The van der Waals surface area contributed by atoms with Crippen LogP contribution in [0.1, 0.15) is 11.5 Å². The van der Waals surface area contributed by atoms with Crippen LogP contribution in [0, 0.1) is 0 Å². The molecule has 1 aromatic rings. The van der Waals surface area contributed by atoms with Crippen LogP contribution >= 0.6 is 0 Å². The van der Waals surface area contributed by atoms with Crippen molar-refractivity contribution in [2.24, 2.45) is 0 Å². The summed E-state index contributed by atoms with van der Waals surface area (Å²) in [4.78, 5) is 0. The standard InChI is InChI=1S/C12H17NO3S/c1-17(14,15)7-6-13-8-10-9-16-12-5-3-2-4-11(10)12/h2-5,10,13H,6-9H2,1H3. The topological polar surface area (TPSA) is 55.4 Å². The number of sulfone groups is 1. The van der Waals surface area contributed by atoms with Crippen LogP contribution in [0.4, 0.5) is 0 Å². The lowest BCUT2D eigenvalue weighted by molar-refractivity contribution is 0.327. The Bertz CT molecular complexity index is 484. The van der Waals surface area contributed by atoms with E-state index in [9.17, 15) is 8.42 Å². The van der Waals surface area contributed by atoms with Crippen LogP contribution in [0.5, 0.6) is 5.75 Å². The van der Waals surface area contributed by atoms with E-state index in [2.05, 4.69) is 11.4 Å². The summed E-state index contributed by atoms with van der Waals surface area (Å²) in [6.07, 6.45) is 1.25. The third-order valence-electron chi connectivity index (χ3n) is 2.84. The normalized spacial score (nSPS) is 18.8. The molecule has 1 aliphatic heterocycles. The van der Waals surface area contributed by atoms with Crippen molar-refractivity contribution in [1.29, 1.82) is 0 Å². The molecule has 0 saturated carbocycles. The molecule has 5 heteroatoms. The molecule has 1 N–H and O–H groups in total. The number of ether oxygens (including phenoxy) is 1. The van der Waals surface area contributed by atoms with Gasteiger partial charge in [0.2, 0.25) is 0 Å². The van der Waals surface area contributed by atoms with E-state index in [1.807, 2.05) is 18.2 Å². The second-order valence-corrected chi connectivity index (χ2v) is 6.64. The molecule has 17 heavy (non-hydrogen) atoms. The number of nitrogens with one attached hydrogen (secondary N) is 1. The fourth-order valence-electron chi connectivity index (χ4n) is 1.93. The van der Waals surface area contributed by atoms with Gasteiger partial charge in [0.05, 0.1) is 12.4 Å². The van der Waals surface area contributed by atoms with Gasteiger partial charge in [-0.15, -0.1) is 0 Å². The van der Waals surface area contributed by atoms with Crippen LogP contribution in [0.15, 0.2) is 24.3 Å². The van der Waals surface area contributed by atoms with E-state index in [0.29, 0.717) is 19.1 Å². The average Bonchev–Trinajstić information content (AvgIpc) is 2.67. The average molecular weight is 255 g/mol. The summed E-state index contributed by atoms with van der Waals surface area (Å²) in [6, 6.07) is 7.98. The molecule has 0 radical (unpaired) electrons. The molecule has 0 bridgehead atoms. The highest BCUT2D eigenvalue weighted by Crippen LogP contribution is 2.32. The molecule has 1 unspecified atom stereocenters. The lowest BCUT2D eigenvalue weighted by Crippen LogP contribution is -2.27. The zero-order valence-corrected chi connectivity index (χ0v) is 10.7. The molecule has 1 atom stereocenters. The van der Waals surface area contributed by atoms with Gasteiger partial charge in [0.1, 0.15) is 15.6 Å². The maximum absolute atomic E-state index is 11.0. The van der Waals surface area contributed by atoms with Crippen molar-refractivity contribution in [2.75, 3.05) is 31.7 Å². The van der Waals surface area contributed by atoms with Crippen molar-refractivity contribution < 1.29 is 13.2 Å². The van der Waals surface area contributed by atoms with Crippen molar-refractivity contribution in [3.05, 3.63) is 29.8 Å². The second-order valence-electron chi connectivity index (χ2n) is 4.38. The molecule has 0 spiro atoms. The Morgan fingerprint density at radius 2 is 2.18 bits per heavy atom. The van der Waals surface area contributed by atoms with Gasteiger partial charge in [0.15, 0.2) is 0 Å².